The van der Waals surface area contributed by atoms with E-state index in [0.29, 0.717) is 19.8 Å². The molecule has 0 bridgehead atoms. The van der Waals surface area contributed by atoms with Crippen molar-refractivity contribution >= 4 is 7.60 Å². The van der Waals surface area contributed by atoms with Gasteiger partial charge in [0.2, 0.25) is 0 Å². The molecule has 160 valence electrons. The summed E-state index contributed by atoms with van der Waals surface area (Å²) in [5.41, 5.74) is 1.97. The normalized spacial score (nSPS) is 12.7. The molecule has 0 saturated carbocycles. The highest BCUT2D eigenvalue weighted by Gasteiger charge is 2.37. The lowest BCUT2D eigenvalue weighted by Gasteiger charge is -2.28. The molecule has 2 rings (SSSR count). The first kappa shape index (κ1) is 23.6. The summed E-state index contributed by atoms with van der Waals surface area (Å²) >= 11 is 0. The Morgan fingerprint density at radius 1 is 0.897 bits per heavy atom. The Morgan fingerprint density at radius 3 is 2.00 bits per heavy atom. The second kappa shape index (κ2) is 12.8. The van der Waals surface area contributed by atoms with Crippen LogP contribution in [0, 0.1) is 0 Å². The first-order valence-corrected chi connectivity index (χ1v) is 12.0. The summed E-state index contributed by atoms with van der Waals surface area (Å²) in [5.74, 6) is 0.200. The lowest BCUT2D eigenvalue weighted by Crippen LogP contribution is -2.23. The van der Waals surface area contributed by atoms with Crippen molar-refractivity contribution in [1.82, 2.24) is 5.32 Å². The smallest absolute Gasteiger partial charge is 0.351 e. The predicted molar refractivity (Wildman–Crippen MR) is 118 cm³/mol. The molecule has 29 heavy (non-hydrogen) atoms. The van der Waals surface area contributed by atoms with E-state index in [1.165, 1.54) is 0 Å². The third-order valence-corrected chi connectivity index (χ3v) is 6.83. The predicted octanol–water partition coefficient (Wildman–Crippen LogP) is 6.31. The maximum absolute atomic E-state index is 13.9. The van der Waals surface area contributed by atoms with Crippen LogP contribution in [0.25, 0.3) is 0 Å². The van der Waals surface area contributed by atoms with Crippen molar-refractivity contribution in [2.45, 2.75) is 51.9 Å². The number of methoxy groups -OCH3 is 1. The van der Waals surface area contributed by atoms with Gasteiger partial charge in [0.05, 0.1) is 20.3 Å². The number of unbranched alkanes of at least 4 members (excludes halogenated alkanes) is 2. The molecule has 0 saturated heterocycles. The summed E-state index contributed by atoms with van der Waals surface area (Å²) in [5, 5.41) is 3.43. The zero-order valence-corrected chi connectivity index (χ0v) is 18.7. The van der Waals surface area contributed by atoms with Crippen LogP contribution in [0.3, 0.4) is 0 Å². The minimum Gasteiger partial charge on any atom is -0.497 e. The van der Waals surface area contributed by atoms with E-state index in [2.05, 4.69) is 19.2 Å². The monoisotopic (exact) mass is 419 g/mol. The van der Waals surface area contributed by atoms with Crippen molar-refractivity contribution in [2.24, 2.45) is 0 Å². The van der Waals surface area contributed by atoms with Gasteiger partial charge in [-0.2, -0.15) is 0 Å². The van der Waals surface area contributed by atoms with E-state index in [9.17, 15) is 4.57 Å². The Morgan fingerprint density at radius 2 is 1.48 bits per heavy atom. The standard InChI is InChI=1S/C23H34NO4P/c1-4-6-17-27-29(25,28-18-7-5-2)23(21-13-15-22(26-3)16-14-21)24-19-20-11-9-8-10-12-20/h8-16,23-24H,4-7,17-19H2,1-3H3/t23-/m0/s1. The van der Waals surface area contributed by atoms with Crippen LogP contribution in [0.4, 0.5) is 0 Å². The van der Waals surface area contributed by atoms with Gasteiger partial charge in [0.15, 0.2) is 0 Å². The highest BCUT2D eigenvalue weighted by atomic mass is 31.2. The fourth-order valence-corrected chi connectivity index (χ4v) is 4.86. The van der Waals surface area contributed by atoms with Crippen molar-refractivity contribution in [3.63, 3.8) is 0 Å². The van der Waals surface area contributed by atoms with E-state index in [1.54, 1.807) is 7.11 Å². The highest BCUT2D eigenvalue weighted by molar-refractivity contribution is 7.54. The van der Waals surface area contributed by atoms with Gasteiger partial charge in [-0.25, -0.2) is 0 Å². The summed E-state index contributed by atoms with van der Waals surface area (Å²) in [4.78, 5) is 0. The highest BCUT2D eigenvalue weighted by Crippen LogP contribution is 2.60. The number of hydrogen-bond acceptors (Lipinski definition) is 5. The third-order valence-electron chi connectivity index (χ3n) is 4.63. The van der Waals surface area contributed by atoms with Crippen molar-refractivity contribution in [3.8, 4) is 5.75 Å². The lowest BCUT2D eigenvalue weighted by atomic mass is 10.2. The Balaban J connectivity index is 2.29. The maximum Gasteiger partial charge on any atom is 0.351 e. The van der Waals surface area contributed by atoms with E-state index < -0.39 is 13.4 Å². The Bertz CT molecular complexity index is 722. The van der Waals surface area contributed by atoms with Crippen molar-refractivity contribution in [2.75, 3.05) is 20.3 Å². The summed E-state index contributed by atoms with van der Waals surface area (Å²) in [6.07, 6.45) is 3.63. The maximum atomic E-state index is 13.9. The van der Waals surface area contributed by atoms with Gasteiger partial charge >= 0.3 is 7.60 Å². The molecule has 0 aromatic heterocycles. The van der Waals surface area contributed by atoms with Crippen LogP contribution in [-0.4, -0.2) is 20.3 Å². The average Bonchev–Trinajstić information content (AvgIpc) is 2.75. The topological polar surface area (TPSA) is 56.8 Å². The van der Waals surface area contributed by atoms with E-state index in [0.717, 1.165) is 42.6 Å². The Hall–Kier alpha value is -1.65. The number of rotatable bonds is 14. The quantitative estimate of drug-likeness (QED) is 0.287. The van der Waals surface area contributed by atoms with Crippen molar-refractivity contribution in [1.29, 1.82) is 0 Å². The first-order chi connectivity index (χ1) is 14.1. The van der Waals surface area contributed by atoms with Gasteiger partial charge in [-0.05, 0) is 36.1 Å². The molecule has 1 N–H and O–H groups in total. The molecular formula is C23H34NO4P. The summed E-state index contributed by atoms with van der Waals surface area (Å²) < 4.78 is 31.0. The van der Waals surface area contributed by atoms with Gasteiger partial charge in [-0.1, -0.05) is 69.2 Å². The zero-order chi connectivity index (χ0) is 21.0. The van der Waals surface area contributed by atoms with Gasteiger partial charge in [0, 0.05) is 6.54 Å². The fourth-order valence-electron chi connectivity index (χ4n) is 2.87. The molecule has 2 aromatic carbocycles. The van der Waals surface area contributed by atoms with Crippen LogP contribution < -0.4 is 10.1 Å². The molecule has 0 heterocycles. The Kier molecular flexibility index (Phi) is 10.4. The van der Waals surface area contributed by atoms with Crippen LogP contribution >= 0.6 is 7.60 Å². The molecule has 5 nitrogen and oxygen atoms in total. The molecular weight excluding hydrogens is 385 g/mol. The van der Waals surface area contributed by atoms with E-state index in [-0.39, 0.29) is 0 Å². The van der Waals surface area contributed by atoms with E-state index in [1.807, 2.05) is 54.6 Å². The molecule has 0 aliphatic carbocycles. The molecule has 0 spiro atoms. The summed E-state index contributed by atoms with van der Waals surface area (Å²) in [6, 6.07) is 17.6. The van der Waals surface area contributed by atoms with Gasteiger partial charge in [-0.3, -0.25) is 9.88 Å². The number of nitrogens with one attached hydrogen (secondary N) is 1. The fraction of sp³-hybridized carbons (Fsp3) is 0.478. The molecule has 0 fully saturated rings. The molecule has 1 atom stereocenters. The third kappa shape index (κ3) is 7.60. The van der Waals surface area contributed by atoms with Crippen LogP contribution in [0.15, 0.2) is 54.6 Å². The SMILES string of the molecule is CCCCOP(=O)(OCCCC)[C@H](NCc1ccccc1)c1ccc(OC)cc1. The molecule has 2 aromatic rings. The second-order valence-electron chi connectivity index (χ2n) is 6.96. The molecule has 0 amide bonds. The first-order valence-electron chi connectivity index (χ1n) is 10.4. The van der Waals surface area contributed by atoms with Gasteiger partial charge in [0.1, 0.15) is 11.5 Å². The minimum atomic E-state index is -3.42. The Labute approximate surface area is 175 Å². The second-order valence-corrected chi connectivity index (χ2v) is 9.07. The number of hydrogen-bond donors (Lipinski definition) is 1. The largest absolute Gasteiger partial charge is 0.497 e. The lowest BCUT2D eigenvalue weighted by molar-refractivity contribution is 0.188. The van der Waals surface area contributed by atoms with E-state index in [4.69, 9.17) is 13.8 Å². The molecule has 0 aliphatic rings. The van der Waals surface area contributed by atoms with Crippen LogP contribution in [0.5, 0.6) is 5.75 Å². The summed E-state index contributed by atoms with van der Waals surface area (Å²) in [6.45, 7) is 5.57. The van der Waals surface area contributed by atoms with Crippen LogP contribution in [0.2, 0.25) is 0 Å². The van der Waals surface area contributed by atoms with Crippen LogP contribution in [-0.2, 0) is 20.2 Å². The average molecular weight is 420 g/mol. The molecule has 0 radical (unpaired) electrons. The molecule has 0 aliphatic heterocycles. The minimum absolute atomic E-state index is 0.416. The van der Waals surface area contributed by atoms with Gasteiger partial charge < -0.3 is 13.8 Å². The van der Waals surface area contributed by atoms with Gasteiger partial charge in [0.25, 0.3) is 0 Å². The zero-order valence-electron chi connectivity index (χ0n) is 17.8. The molecule has 0 unspecified atom stereocenters. The van der Waals surface area contributed by atoms with Crippen molar-refractivity contribution in [3.05, 3.63) is 65.7 Å². The number of ether oxygens (including phenoxy) is 1. The molecule has 6 heteroatoms. The van der Waals surface area contributed by atoms with E-state index >= 15 is 0 Å². The van der Waals surface area contributed by atoms with Gasteiger partial charge in [-0.15, -0.1) is 0 Å². The summed E-state index contributed by atoms with van der Waals surface area (Å²) in [7, 11) is -1.79. The van der Waals surface area contributed by atoms with Crippen LogP contribution in [0.1, 0.15) is 56.4 Å². The van der Waals surface area contributed by atoms with Crippen molar-refractivity contribution < 1.29 is 18.3 Å². The number of benzene rings is 2.